The smallest absolute Gasteiger partial charge is 0.258 e. The Kier molecular flexibility index (Phi) is 3.18. The van der Waals surface area contributed by atoms with Crippen LogP contribution in [0.4, 0.5) is 14.6 Å². The molecule has 0 unspecified atom stereocenters. The van der Waals surface area contributed by atoms with Crippen LogP contribution in [-0.2, 0) is 4.79 Å². The van der Waals surface area contributed by atoms with Gasteiger partial charge in [-0.1, -0.05) is 24.3 Å². The van der Waals surface area contributed by atoms with E-state index >= 15 is 0 Å². The summed E-state index contributed by atoms with van der Waals surface area (Å²) in [5.41, 5.74) is 0.965. The van der Waals surface area contributed by atoms with E-state index in [-0.39, 0.29) is 35.1 Å². The fourth-order valence-corrected chi connectivity index (χ4v) is 3.71. The molecule has 0 fully saturated rings. The van der Waals surface area contributed by atoms with Crippen molar-refractivity contribution in [3.05, 3.63) is 75.6 Å². The van der Waals surface area contributed by atoms with Crippen LogP contribution in [0.15, 0.2) is 47.3 Å². The van der Waals surface area contributed by atoms with Gasteiger partial charge < -0.3 is 5.32 Å². The zero-order chi connectivity index (χ0) is 18.7. The summed E-state index contributed by atoms with van der Waals surface area (Å²) in [6.07, 6.45) is -0.158. The van der Waals surface area contributed by atoms with Crippen molar-refractivity contribution in [2.45, 2.75) is 12.3 Å². The maximum atomic E-state index is 14.4. The van der Waals surface area contributed by atoms with E-state index in [1.807, 2.05) is 12.1 Å². The summed E-state index contributed by atoms with van der Waals surface area (Å²) in [5, 5.41) is 2.70. The minimum absolute atomic E-state index is 0.0274. The molecule has 134 valence electrons. The number of hydrogen-bond donors (Lipinski definition) is 2. The van der Waals surface area contributed by atoms with Gasteiger partial charge in [0.15, 0.2) is 11.6 Å². The SMILES string of the molecule is O=C1C[C@@H](c2cccc(F)c2F)c2c(n3c(nc4ccccc43)[nH]c2=O)N1. The van der Waals surface area contributed by atoms with Gasteiger partial charge in [-0.3, -0.25) is 19.0 Å². The van der Waals surface area contributed by atoms with Crippen LogP contribution in [0.5, 0.6) is 0 Å². The minimum atomic E-state index is -1.06. The van der Waals surface area contributed by atoms with Crippen LogP contribution in [0.2, 0.25) is 0 Å². The van der Waals surface area contributed by atoms with Gasteiger partial charge in [-0.2, -0.15) is 0 Å². The molecule has 0 spiro atoms. The van der Waals surface area contributed by atoms with Crippen molar-refractivity contribution in [1.82, 2.24) is 14.4 Å². The van der Waals surface area contributed by atoms with Crippen molar-refractivity contribution in [3.8, 4) is 0 Å². The van der Waals surface area contributed by atoms with Crippen molar-refractivity contribution in [3.63, 3.8) is 0 Å². The molecule has 27 heavy (non-hydrogen) atoms. The van der Waals surface area contributed by atoms with Crippen molar-refractivity contribution < 1.29 is 13.6 Å². The first-order chi connectivity index (χ1) is 13.0. The highest BCUT2D eigenvalue weighted by molar-refractivity contribution is 5.96. The number of imidazole rings is 1. The van der Waals surface area contributed by atoms with E-state index in [2.05, 4.69) is 15.3 Å². The number of fused-ring (bicyclic) bond motifs is 5. The number of rotatable bonds is 1. The van der Waals surface area contributed by atoms with E-state index in [0.29, 0.717) is 11.0 Å². The number of nitrogens with zero attached hydrogens (tertiary/aromatic N) is 2. The molecule has 1 aliphatic heterocycles. The molecule has 6 nitrogen and oxygen atoms in total. The quantitative estimate of drug-likeness (QED) is 0.544. The summed E-state index contributed by atoms with van der Waals surface area (Å²) < 4.78 is 29.8. The number of H-pyrrole nitrogens is 1. The summed E-state index contributed by atoms with van der Waals surface area (Å²) in [7, 11) is 0. The van der Waals surface area contributed by atoms with Crippen LogP contribution >= 0.6 is 0 Å². The Bertz CT molecular complexity index is 1310. The molecule has 4 aromatic rings. The zero-order valence-corrected chi connectivity index (χ0v) is 13.8. The lowest BCUT2D eigenvalue weighted by molar-refractivity contribution is -0.116. The number of para-hydroxylation sites is 2. The van der Waals surface area contributed by atoms with Gasteiger partial charge in [-0.05, 0) is 23.8 Å². The highest BCUT2D eigenvalue weighted by Crippen LogP contribution is 2.37. The average Bonchev–Trinajstić information content (AvgIpc) is 3.01. The molecule has 0 bridgehead atoms. The van der Waals surface area contributed by atoms with E-state index < -0.39 is 23.1 Å². The van der Waals surface area contributed by atoms with E-state index in [9.17, 15) is 18.4 Å². The second kappa shape index (κ2) is 5.47. The Balaban J connectivity index is 1.88. The van der Waals surface area contributed by atoms with Crippen LogP contribution in [0.3, 0.4) is 0 Å². The Labute approximate surface area is 150 Å². The third kappa shape index (κ3) is 2.19. The molecule has 2 aromatic carbocycles. The van der Waals surface area contributed by atoms with Gasteiger partial charge in [0.2, 0.25) is 11.7 Å². The second-order valence-electron chi connectivity index (χ2n) is 6.42. The molecule has 8 heteroatoms. The number of halogens is 2. The summed E-state index contributed by atoms with van der Waals surface area (Å²) >= 11 is 0. The van der Waals surface area contributed by atoms with Crippen LogP contribution < -0.4 is 10.9 Å². The van der Waals surface area contributed by atoms with Gasteiger partial charge in [-0.25, -0.2) is 13.8 Å². The first-order valence-corrected chi connectivity index (χ1v) is 8.31. The molecular formula is C19H12F2N4O2. The lowest BCUT2D eigenvalue weighted by Gasteiger charge is -2.26. The molecule has 5 rings (SSSR count). The predicted molar refractivity (Wildman–Crippen MR) is 94.8 cm³/mol. The number of nitrogens with one attached hydrogen (secondary N) is 2. The summed E-state index contributed by atoms with van der Waals surface area (Å²) in [4.78, 5) is 32.2. The number of benzene rings is 2. The third-order valence-corrected chi connectivity index (χ3v) is 4.86. The zero-order valence-electron chi connectivity index (χ0n) is 13.8. The maximum Gasteiger partial charge on any atom is 0.258 e. The molecule has 0 saturated carbocycles. The second-order valence-corrected chi connectivity index (χ2v) is 6.42. The summed E-state index contributed by atoms with van der Waals surface area (Å²) in [6, 6.07) is 10.9. The topological polar surface area (TPSA) is 79.3 Å². The number of anilines is 1. The highest BCUT2D eigenvalue weighted by Gasteiger charge is 2.34. The average molecular weight is 366 g/mol. The Morgan fingerprint density at radius 3 is 2.74 bits per heavy atom. The Morgan fingerprint density at radius 2 is 1.89 bits per heavy atom. The summed E-state index contributed by atoms with van der Waals surface area (Å²) in [5.74, 6) is -2.88. The van der Waals surface area contributed by atoms with E-state index in [1.165, 1.54) is 12.1 Å². The van der Waals surface area contributed by atoms with Gasteiger partial charge in [0.05, 0.1) is 16.6 Å². The number of carbonyl (C=O) groups is 1. The van der Waals surface area contributed by atoms with Crippen LogP contribution in [0.25, 0.3) is 16.8 Å². The number of aromatic nitrogens is 3. The Hall–Kier alpha value is -3.55. The van der Waals surface area contributed by atoms with Crippen LogP contribution in [-0.4, -0.2) is 20.3 Å². The van der Waals surface area contributed by atoms with E-state index in [4.69, 9.17) is 0 Å². The van der Waals surface area contributed by atoms with E-state index in [1.54, 1.807) is 16.5 Å². The van der Waals surface area contributed by atoms with Gasteiger partial charge >= 0.3 is 0 Å². The fourth-order valence-electron chi connectivity index (χ4n) is 3.71. The maximum absolute atomic E-state index is 14.4. The van der Waals surface area contributed by atoms with Crippen molar-refractivity contribution in [1.29, 1.82) is 0 Å². The fraction of sp³-hybridized carbons (Fsp3) is 0.105. The largest absolute Gasteiger partial charge is 0.311 e. The van der Waals surface area contributed by atoms with Crippen LogP contribution in [0.1, 0.15) is 23.5 Å². The first kappa shape index (κ1) is 15.7. The molecule has 0 radical (unpaired) electrons. The van der Waals surface area contributed by atoms with Gasteiger partial charge in [0, 0.05) is 12.3 Å². The highest BCUT2D eigenvalue weighted by atomic mass is 19.2. The number of carbonyl (C=O) groups excluding carboxylic acids is 1. The standard InChI is InChI=1S/C19H12F2N4O2/c20-11-5-3-4-9(16(11)21)10-8-14(26)23-17-15(10)18(27)24-19-22-12-6-1-2-7-13(12)25(17)19/h1-7,10H,8H2,(H,23,26)(H,22,24,27)/t10-/m0/s1. The molecule has 1 amide bonds. The summed E-state index contributed by atoms with van der Waals surface area (Å²) in [6.45, 7) is 0. The monoisotopic (exact) mass is 366 g/mol. The predicted octanol–water partition coefficient (Wildman–Crippen LogP) is 2.93. The van der Waals surface area contributed by atoms with Crippen molar-refractivity contribution in [2.75, 3.05) is 5.32 Å². The van der Waals surface area contributed by atoms with Gasteiger partial charge in [0.25, 0.3) is 5.56 Å². The molecule has 2 aromatic heterocycles. The molecule has 1 aliphatic rings. The number of aromatic amines is 1. The van der Waals surface area contributed by atoms with Crippen LogP contribution in [0, 0.1) is 11.6 Å². The molecule has 1 atom stereocenters. The number of hydrogen-bond acceptors (Lipinski definition) is 3. The first-order valence-electron chi connectivity index (χ1n) is 8.31. The Morgan fingerprint density at radius 1 is 1.07 bits per heavy atom. The van der Waals surface area contributed by atoms with Gasteiger partial charge in [-0.15, -0.1) is 0 Å². The third-order valence-electron chi connectivity index (χ3n) is 4.86. The minimum Gasteiger partial charge on any atom is -0.311 e. The van der Waals surface area contributed by atoms with Gasteiger partial charge in [0.1, 0.15) is 5.82 Å². The molecule has 0 saturated heterocycles. The van der Waals surface area contributed by atoms with E-state index in [0.717, 1.165) is 6.07 Å². The molecular weight excluding hydrogens is 354 g/mol. The lowest BCUT2D eigenvalue weighted by atomic mass is 9.86. The van der Waals surface area contributed by atoms with Crippen molar-refractivity contribution >= 4 is 28.5 Å². The number of amides is 1. The molecule has 0 aliphatic carbocycles. The lowest BCUT2D eigenvalue weighted by Crippen LogP contribution is -2.32. The van der Waals surface area contributed by atoms with Crippen molar-refractivity contribution in [2.24, 2.45) is 0 Å². The normalized spacial score (nSPS) is 16.5. The molecule has 3 heterocycles. The molecule has 2 N–H and O–H groups in total.